The van der Waals surface area contributed by atoms with E-state index in [9.17, 15) is 18.7 Å². The molecule has 0 saturated carbocycles. The van der Waals surface area contributed by atoms with E-state index in [0.29, 0.717) is 35.4 Å². The van der Waals surface area contributed by atoms with E-state index in [0.717, 1.165) is 17.6 Å². The average Bonchev–Trinajstić information content (AvgIpc) is 3.23. The molecule has 4 nitrogen and oxygen atoms in total. The molecule has 0 N–H and O–H groups in total. The fourth-order valence-electron chi connectivity index (χ4n) is 3.70. The Morgan fingerprint density at radius 3 is 2.50 bits per heavy atom. The quantitative estimate of drug-likeness (QED) is 0.525. The Bertz CT molecular complexity index is 1200. The molecular formula is C24H17ClF2NNaO3. The number of pyridine rings is 1. The fraction of sp³-hybridized carbons (Fsp3) is 0.167. The first-order chi connectivity index (χ1) is 14.9. The van der Waals surface area contributed by atoms with E-state index in [1.807, 2.05) is 0 Å². The third kappa shape index (κ3) is 5.38. The largest absolute Gasteiger partial charge is 1.00 e. The van der Waals surface area contributed by atoms with Crippen LogP contribution in [0.1, 0.15) is 46.6 Å². The number of hydrogen-bond donors (Lipinski definition) is 0. The number of carbonyl (C=O) groups is 1. The van der Waals surface area contributed by atoms with Gasteiger partial charge >= 0.3 is 29.6 Å². The molecule has 0 bridgehead atoms. The number of carbonyl (C=O) groups excluding carboxylic acids is 1. The molecule has 0 aliphatic heterocycles. The number of benzene rings is 2. The van der Waals surface area contributed by atoms with Gasteiger partial charge in [0, 0.05) is 11.1 Å². The summed E-state index contributed by atoms with van der Waals surface area (Å²) in [5.74, 6) is -1.76. The molecule has 2 aromatic carbocycles. The Kier molecular flexibility index (Phi) is 8.06. The number of halogens is 3. The number of ether oxygens (including phenoxy) is 1. The Morgan fingerprint density at radius 1 is 1.03 bits per heavy atom. The Morgan fingerprint density at radius 2 is 1.75 bits per heavy atom. The average molecular weight is 464 g/mol. The van der Waals surface area contributed by atoms with Gasteiger partial charge in [-0.3, -0.25) is 0 Å². The van der Waals surface area contributed by atoms with E-state index in [1.54, 1.807) is 12.1 Å². The molecule has 32 heavy (non-hydrogen) atoms. The van der Waals surface area contributed by atoms with Crippen LogP contribution in [0.3, 0.4) is 0 Å². The van der Waals surface area contributed by atoms with Gasteiger partial charge in [0.25, 0.3) is 0 Å². The third-order valence-corrected chi connectivity index (χ3v) is 5.50. The molecule has 0 spiro atoms. The second-order valence-corrected chi connectivity index (χ2v) is 7.58. The monoisotopic (exact) mass is 463 g/mol. The van der Waals surface area contributed by atoms with E-state index in [2.05, 4.69) is 4.98 Å². The van der Waals surface area contributed by atoms with Gasteiger partial charge in [0.1, 0.15) is 24.0 Å². The van der Waals surface area contributed by atoms with Crippen LogP contribution in [0.15, 0.2) is 54.6 Å². The van der Waals surface area contributed by atoms with Crippen molar-refractivity contribution in [2.45, 2.75) is 25.9 Å². The molecule has 0 radical (unpaired) electrons. The minimum Gasteiger partial charge on any atom is -0.543 e. The Hall–Kier alpha value is -2.25. The maximum Gasteiger partial charge on any atom is 1.00 e. The zero-order valence-electron chi connectivity index (χ0n) is 17.3. The molecule has 1 aromatic heterocycles. The van der Waals surface area contributed by atoms with Crippen LogP contribution in [-0.2, 0) is 6.61 Å². The molecule has 0 saturated heterocycles. The number of carboxylic acids is 1. The smallest absolute Gasteiger partial charge is 0.543 e. The Balaban J connectivity index is 0.00000289. The summed E-state index contributed by atoms with van der Waals surface area (Å²) in [5.41, 5.74) is 3.23. The van der Waals surface area contributed by atoms with Gasteiger partial charge in [-0.1, -0.05) is 23.7 Å². The summed E-state index contributed by atoms with van der Waals surface area (Å²) in [6.45, 7) is 0.0821. The summed E-state index contributed by atoms with van der Waals surface area (Å²) >= 11 is 6.08. The molecule has 0 amide bonds. The molecule has 0 unspecified atom stereocenters. The van der Waals surface area contributed by atoms with Gasteiger partial charge in [-0.05, 0) is 72.9 Å². The first-order valence-corrected chi connectivity index (χ1v) is 10.1. The summed E-state index contributed by atoms with van der Waals surface area (Å²) in [7, 11) is 0. The number of rotatable bonds is 6. The predicted molar refractivity (Wildman–Crippen MR) is 111 cm³/mol. The van der Waals surface area contributed by atoms with E-state index in [4.69, 9.17) is 16.3 Å². The minimum absolute atomic E-state index is 0. The molecule has 1 heterocycles. The van der Waals surface area contributed by atoms with Gasteiger partial charge in [-0.2, -0.15) is 0 Å². The first-order valence-electron chi connectivity index (χ1n) is 9.70. The van der Waals surface area contributed by atoms with Gasteiger partial charge in [0.2, 0.25) is 0 Å². The van der Waals surface area contributed by atoms with Gasteiger partial charge in [-0.25, -0.2) is 13.8 Å². The summed E-state index contributed by atoms with van der Waals surface area (Å²) in [4.78, 5) is 15.4. The van der Waals surface area contributed by atoms with Crippen LogP contribution in [0.4, 0.5) is 8.78 Å². The van der Waals surface area contributed by atoms with Crippen molar-refractivity contribution in [1.29, 1.82) is 0 Å². The molecule has 1 aliphatic rings. The van der Waals surface area contributed by atoms with Crippen molar-refractivity contribution < 1.29 is 53.0 Å². The van der Waals surface area contributed by atoms with Crippen LogP contribution in [0.25, 0.3) is 11.1 Å². The van der Waals surface area contributed by atoms with E-state index in [-0.39, 0.29) is 46.9 Å². The van der Waals surface area contributed by atoms with Crippen LogP contribution in [0, 0.1) is 11.6 Å². The zero-order chi connectivity index (χ0) is 22.0. The summed E-state index contributed by atoms with van der Waals surface area (Å²) in [6.07, 6.45) is 2.17. The van der Waals surface area contributed by atoms with Crippen molar-refractivity contribution in [3.05, 3.63) is 93.8 Å². The summed E-state index contributed by atoms with van der Waals surface area (Å²) in [5, 5.41) is 11.4. The van der Waals surface area contributed by atoms with Gasteiger partial charge in [0.05, 0.1) is 22.4 Å². The maximum atomic E-state index is 14.1. The topological polar surface area (TPSA) is 62.2 Å². The molecule has 0 fully saturated rings. The fourth-order valence-corrected chi connectivity index (χ4v) is 3.92. The van der Waals surface area contributed by atoms with Crippen LogP contribution >= 0.6 is 11.6 Å². The summed E-state index contributed by atoms with van der Waals surface area (Å²) in [6, 6.07) is 13.0. The van der Waals surface area contributed by atoms with Crippen LogP contribution in [0.5, 0.6) is 5.75 Å². The van der Waals surface area contributed by atoms with Crippen LogP contribution in [0.2, 0.25) is 5.02 Å². The molecule has 158 valence electrons. The van der Waals surface area contributed by atoms with Crippen molar-refractivity contribution in [2.75, 3.05) is 0 Å². The van der Waals surface area contributed by atoms with Crippen molar-refractivity contribution in [2.24, 2.45) is 0 Å². The number of aromatic carboxylic acids is 1. The molecule has 4 rings (SSSR count). The number of allylic oxidation sites excluding steroid dienone is 2. The number of hydrogen-bond acceptors (Lipinski definition) is 4. The molecule has 1 aliphatic carbocycles. The van der Waals surface area contributed by atoms with E-state index >= 15 is 0 Å². The number of aromatic nitrogens is 1. The number of nitrogens with zero attached hydrogens (tertiary/aromatic N) is 1. The minimum atomic E-state index is -1.35. The molecule has 8 heteroatoms. The number of carboxylic acid groups (broad SMARTS) is 1. The first kappa shape index (κ1) is 24.4. The van der Waals surface area contributed by atoms with Gasteiger partial charge in [-0.15, -0.1) is 0 Å². The molecular weight excluding hydrogens is 447 g/mol. The summed E-state index contributed by atoms with van der Waals surface area (Å²) < 4.78 is 33.3. The van der Waals surface area contributed by atoms with E-state index in [1.165, 1.54) is 42.5 Å². The van der Waals surface area contributed by atoms with Crippen molar-refractivity contribution in [1.82, 2.24) is 4.98 Å². The van der Waals surface area contributed by atoms with Crippen molar-refractivity contribution in [3.8, 4) is 5.75 Å². The second-order valence-electron chi connectivity index (χ2n) is 7.17. The molecule has 3 aromatic rings. The van der Waals surface area contributed by atoms with Crippen LogP contribution in [-0.4, -0.2) is 11.0 Å². The van der Waals surface area contributed by atoms with Gasteiger partial charge in [0.15, 0.2) is 0 Å². The molecule has 0 atom stereocenters. The van der Waals surface area contributed by atoms with Crippen molar-refractivity contribution >= 4 is 28.7 Å². The van der Waals surface area contributed by atoms with Crippen molar-refractivity contribution in [3.63, 3.8) is 0 Å². The van der Waals surface area contributed by atoms with Crippen LogP contribution < -0.4 is 39.4 Å². The normalized spacial score (nSPS) is 13.1. The second kappa shape index (κ2) is 10.6. The van der Waals surface area contributed by atoms with Gasteiger partial charge < -0.3 is 14.6 Å². The van der Waals surface area contributed by atoms with E-state index < -0.39 is 17.6 Å². The predicted octanol–water partition coefficient (Wildman–Crippen LogP) is 2.05. The third-order valence-electron chi connectivity index (χ3n) is 5.15. The maximum absolute atomic E-state index is 14.1. The SMILES string of the molecule is O=C([O-])c1cccc(C2=C(c3cc(F)ccc3OCc3ccc(F)cc3Cl)CCC2)n1.[Na+]. The standard InChI is InChI=1S/C24H18ClF2NO3.Na/c25-20-12-16(27)8-7-14(20)13-31-23-10-9-15(26)11-19(23)17-3-1-4-18(17)21-5-2-6-22(28-21)24(29)30;/h2,5-12H,1,3-4,13H2,(H,29,30);/q;+1/p-1. The zero-order valence-corrected chi connectivity index (χ0v) is 20.1. The Labute approximate surface area is 211 Å².